The van der Waals surface area contributed by atoms with E-state index in [0.717, 1.165) is 19.4 Å². The van der Waals surface area contributed by atoms with Gasteiger partial charge >= 0.3 is 0 Å². The molecule has 25 heavy (non-hydrogen) atoms. The molecule has 3 nitrogen and oxygen atoms in total. The molecule has 0 atom stereocenters. The zero-order chi connectivity index (χ0) is 17.3. The highest BCUT2D eigenvalue weighted by Crippen LogP contribution is 2.23. The Hall–Kier alpha value is -2.10. The topological polar surface area (TPSA) is 30.5 Å². The summed E-state index contributed by atoms with van der Waals surface area (Å²) in [5.41, 5.74) is 6.49. The Bertz CT molecular complexity index is 677. The molecule has 0 heterocycles. The number of benzene rings is 2. The van der Waals surface area contributed by atoms with Gasteiger partial charge in [0.25, 0.3) is 0 Å². The van der Waals surface area contributed by atoms with Crippen molar-refractivity contribution in [3.05, 3.63) is 71.4 Å². The van der Waals surface area contributed by atoms with Crippen LogP contribution in [0.15, 0.2) is 65.9 Å². The number of rotatable bonds is 7. The molecular formula is C22H27NO2. The molecule has 1 aliphatic rings. The molecule has 3 heteroatoms. The summed E-state index contributed by atoms with van der Waals surface area (Å²) >= 11 is 0. The first-order chi connectivity index (χ1) is 12.4. The third kappa shape index (κ3) is 5.18. The average molecular weight is 337 g/mol. The second-order valence-electron chi connectivity index (χ2n) is 6.49. The molecule has 0 aliphatic heterocycles. The maximum absolute atomic E-state index is 5.18. The van der Waals surface area contributed by atoms with E-state index in [1.165, 1.54) is 47.2 Å². The second kappa shape index (κ2) is 9.40. The van der Waals surface area contributed by atoms with E-state index in [1.54, 1.807) is 7.11 Å². The van der Waals surface area contributed by atoms with E-state index in [4.69, 9.17) is 9.78 Å². The lowest BCUT2D eigenvalue weighted by molar-refractivity contribution is -0.265. The van der Waals surface area contributed by atoms with Crippen LogP contribution in [0.2, 0.25) is 0 Å². The van der Waals surface area contributed by atoms with E-state index >= 15 is 0 Å². The van der Waals surface area contributed by atoms with Crippen molar-refractivity contribution < 1.29 is 9.78 Å². The summed E-state index contributed by atoms with van der Waals surface area (Å²) in [6.45, 7) is 1.41. The predicted molar refractivity (Wildman–Crippen MR) is 102 cm³/mol. The summed E-state index contributed by atoms with van der Waals surface area (Å²) in [5.74, 6) is 0. The highest BCUT2D eigenvalue weighted by Gasteiger charge is 2.12. The number of hydrogen-bond acceptors (Lipinski definition) is 3. The van der Waals surface area contributed by atoms with Crippen LogP contribution in [0.25, 0.3) is 11.1 Å². The molecule has 0 amide bonds. The van der Waals surface area contributed by atoms with Crippen molar-refractivity contribution in [2.24, 2.45) is 0 Å². The van der Waals surface area contributed by atoms with Crippen LogP contribution in [0.5, 0.6) is 0 Å². The third-order valence-electron chi connectivity index (χ3n) is 4.75. The zero-order valence-electron chi connectivity index (χ0n) is 15.0. The van der Waals surface area contributed by atoms with Crippen molar-refractivity contribution in [1.29, 1.82) is 0 Å². The van der Waals surface area contributed by atoms with Crippen LogP contribution in [0, 0.1) is 0 Å². The van der Waals surface area contributed by atoms with Crippen LogP contribution in [0.3, 0.4) is 0 Å². The Morgan fingerprint density at radius 3 is 2.32 bits per heavy atom. The molecule has 0 fully saturated rings. The fourth-order valence-corrected chi connectivity index (χ4v) is 3.30. The molecule has 1 N–H and O–H groups in total. The largest absolute Gasteiger partial charge is 0.384 e. The van der Waals surface area contributed by atoms with E-state index in [-0.39, 0.29) is 0 Å². The fraction of sp³-hybridized carbons (Fsp3) is 0.364. The van der Waals surface area contributed by atoms with Gasteiger partial charge in [-0.1, -0.05) is 61.0 Å². The van der Waals surface area contributed by atoms with Crippen LogP contribution in [-0.2, 0) is 16.3 Å². The minimum atomic E-state index is 0.561. The maximum Gasteiger partial charge on any atom is 0.105 e. The summed E-state index contributed by atoms with van der Waals surface area (Å²) in [7, 11) is 1.57. The van der Waals surface area contributed by atoms with Crippen LogP contribution in [0.1, 0.15) is 37.7 Å². The van der Waals surface area contributed by atoms with Gasteiger partial charge in [0, 0.05) is 12.2 Å². The van der Waals surface area contributed by atoms with Crippen molar-refractivity contribution in [3.8, 4) is 11.1 Å². The van der Waals surface area contributed by atoms with Crippen molar-refractivity contribution in [2.45, 2.75) is 38.6 Å². The fourth-order valence-electron chi connectivity index (χ4n) is 3.30. The lowest BCUT2D eigenvalue weighted by atomic mass is 10.0. The first-order valence-corrected chi connectivity index (χ1v) is 9.11. The molecule has 0 spiro atoms. The van der Waals surface area contributed by atoms with Gasteiger partial charge in [-0.15, -0.1) is 0 Å². The lowest BCUT2D eigenvalue weighted by Gasteiger charge is -2.15. The molecular weight excluding hydrogens is 310 g/mol. The molecule has 0 saturated carbocycles. The lowest BCUT2D eigenvalue weighted by Crippen LogP contribution is -2.16. The van der Waals surface area contributed by atoms with Gasteiger partial charge in [0.1, 0.15) is 6.61 Å². The molecule has 3 rings (SSSR count). The van der Waals surface area contributed by atoms with E-state index in [1.807, 2.05) is 6.07 Å². The number of allylic oxidation sites excluding steroid dienone is 1. The summed E-state index contributed by atoms with van der Waals surface area (Å²) < 4.78 is 0. The standard InChI is InChI=1S/C22H27NO2/c1-24-25-17-21-10-6-3-7-11-22(21)23-16-18-12-14-20(15-13-18)19-8-4-2-5-9-19/h2,4-5,8-9,12-15,23H,3,6-7,10-11,16-17H2,1H3. The van der Waals surface area contributed by atoms with Gasteiger partial charge in [-0.2, -0.15) is 0 Å². The van der Waals surface area contributed by atoms with Crippen LogP contribution in [0.4, 0.5) is 0 Å². The second-order valence-corrected chi connectivity index (χ2v) is 6.49. The summed E-state index contributed by atoms with van der Waals surface area (Å²) in [4.78, 5) is 9.97. The van der Waals surface area contributed by atoms with Crippen LogP contribution in [-0.4, -0.2) is 13.7 Å². The molecule has 0 aromatic heterocycles. The molecule has 2 aromatic rings. The zero-order valence-corrected chi connectivity index (χ0v) is 15.0. The minimum absolute atomic E-state index is 0.561. The Kier molecular flexibility index (Phi) is 6.66. The highest BCUT2D eigenvalue weighted by atomic mass is 17.2. The third-order valence-corrected chi connectivity index (χ3v) is 4.75. The summed E-state index contributed by atoms with van der Waals surface area (Å²) in [6.07, 6.45) is 5.96. The highest BCUT2D eigenvalue weighted by molar-refractivity contribution is 5.63. The van der Waals surface area contributed by atoms with E-state index in [9.17, 15) is 0 Å². The van der Waals surface area contributed by atoms with Crippen molar-refractivity contribution in [3.63, 3.8) is 0 Å². The molecule has 0 radical (unpaired) electrons. The molecule has 2 aromatic carbocycles. The van der Waals surface area contributed by atoms with Gasteiger partial charge < -0.3 is 5.32 Å². The van der Waals surface area contributed by atoms with Gasteiger partial charge in [0.15, 0.2) is 0 Å². The quantitative estimate of drug-likeness (QED) is 0.553. The van der Waals surface area contributed by atoms with Crippen molar-refractivity contribution in [1.82, 2.24) is 5.32 Å². The normalized spacial score (nSPS) is 15.1. The predicted octanol–water partition coefficient (Wildman–Crippen LogP) is 5.24. The summed E-state index contributed by atoms with van der Waals surface area (Å²) in [6, 6.07) is 19.3. The Morgan fingerprint density at radius 2 is 1.56 bits per heavy atom. The maximum atomic E-state index is 5.18. The number of nitrogens with one attached hydrogen (secondary N) is 1. The van der Waals surface area contributed by atoms with E-state index in [0.29, 0.717) is 6.61 Å². The van der Waals surface area contributed by atoms with Gasteiger partial charge in [-0.05, 0) is 47.9 Å². The van der Waals surface area contributed by atoms with Crippen molar-refractivity contribution in [2.75, 3.05) is 13.7 Å². The van der Waals surface area contributed by atoms with E-state index in [2.05, 4.69) is 53.8 Å². The molecule has 1 aliphatic carbocycles. The first kappa shape index (κ1) is 17.7. The molecule has 0 bridgehead atoms. The van der Waals surface area contributed by atoms with Gasteiger partial charge in [0.05, 0.1) is 7.11 Å². The molecule has 132 valence electrons. The van der Waals surface area contributed by atoms with Crippen molar-refractivity contribution >= 4 is 0 Å². The van der Waals surface area contributed by atoms with E-state index < -0.39 is 0 Å². The number of hydrogen-bond donors (Lipinski definition) is 1. The first-order valence-electron chi connectivity index (χ1n) is 9.11. The van der Waals surface area contributed by atoms with Crippen LogP contribution < -0.4 is 5.32 Å². The monoisotopic (exact) mass is 337 g/mol. The Balaban J connectivity index is 1.64. The van der Waals surface area contributed by atoms with Gasteiger partial charge in [-0.3, -0.25) is 0 Å². The minimum Gasteiger partial charge on any atom is -0.384 e. The average Bonchev–Trinajstić information content (AvgIpc) is 2.91. The van der Waals surface area contributed by atoms with Gasteiger partial charge in [-0.25, -0.2) is 9.78 Å². The van der Waals surface area contributed by atoms with Crippen LogP contribution >= 0.6 is 0 Å². The summed E-state index contributed by atoms with van der Waals surface area (Å²) in [5, 5.41) is 3.64. The Morgan fingerprint density at radius 1 is 0.840 bits per heavy atom. The SMILES string of the molecule is COOCC1=C(NCc2ccc(-c3ccccc3)cc2)CCCCC1. The smallest absolute Gasteiger partial charge is 0.105 e. The van der Waals surface area contributed by atoms with Gasteiger partial charge in [0.2, 0.25) is 0 Å². The Labute approximate surface area is 150 Å². The molecule has 0 unspecified atom stereocenters. The molecule has 0 saturated heterocycles.